The van der Waals surface area contributed by atoms with Gasteiger partial charge in [0.05, 0.1) is 31.0 Å². The molecule has 0 fully saturated rings. The van der Waals surface area contributed by atoms with Gasteiger partial charge >= 0.3 is 0 Å². The van der Waals surface area contributed by atoms with E-state index in [-0.39, 0.29) is 11.7 Å². The lowest BCUT2D eigenvalue weighted by Crippen LogP contribution is -2.11. The Labute approximate surface area is 120 Å². The molecule has 21 heavy (non-hydrogen) atoms. The van der Waals surface area contributed by atoms with Gasteiger partial charge in [0.1, 0.15) is 11.6 Å². The van der Waals surface area contributed by atoms with Crippen LogP contribution in [-0.2, 0) is 6.54 Å². The Bertz CT molecular complexity index is 688. The van der Waals surface area contributed by atoms with Crippen molar-refractivity contribution in [2.75, 3.05) is 10.6 Å². The molecule has 0 bridgehead atoms. The quantitative estimate of drug-likeness (QED) is 0.752. The van der Waals surface area contributed by atoms with Crippen molar-refractivity contribution in [3.05, 3.63) is 66.6 Å². The highest BCUT2D eigenvalue weighted by atomic mass is 16.3. The summed E-state index contributed by atoms with van der Waals surface area (Å²) in [4.78, 5) is 16.0. The molecule has 3 rings (SSSR count). The maximum absolute atomic E-state index is 11.8. The molecule has 106 valence electrons. The number of rotatable bonds is 5. The number of furan rings is 2. The highest BCUT2D eigenvalue weighted by molar-refractivity contribution is 6.02. The van der Waals surface area contributed by atoms with E-state index in [2.05, 4.69) is 15.6 Å². The fraction of sp³-hybridized carbons (Fsp3) is 0.0667. The molecule has 3 heterocycles. The van der Waals surface area contributed by atoms with Crippen LogP contribution in [0.25, 0.3) is 0 Å². The van der Waals surface area contributed by atoms with Crippen LogP contribution >= 0.6 is 0 Å². The highest BCUT2D eigenvalue weighted by Gasteiger charge is 2.08. The Morgan fingerprint density at radius 2 is 1.95 bits per heavy atom. The summed E-state index contributed by atoms with van der Waals surface area (Å²) in [5.41, 5.74) is 0.597. The number of carbonyl (C=O) groups is 1. The van der Waals surface area contributed by atoms with Crippen LogP contribution in [0.15, 0.2) is 64.0 Å². The molecule has 3 aromatic rings. The van der Waals surface area contributed by atoms with Crippen LogP contribution in [0.5, 0.6) is 0 Å². The molecule has 0 aromatic carbocycles. The zero-order chi connectivity index (χ0) is 14.5. The van der Waals surface area contributed by atoms with E-state index < -0.39 is 0 Å². The molecular weight excluding hydrogens is 270 g/mol. The molecule has 6 nitrogen and oxygen atoms in total. The van der Waals surface area contributed by atoms with Crippen molar-refractivity contribution < 1.29 is 13.6 Å². The number of pyridine rings is 1. The summed E-state index contributed by atoms with van der Waals surface area (Å²) in [5.74, 6) is 1.47. The first-order valence-corrected chi connectivity index (χ1v) is 6.38. The van der Waals surface area contributed by atoms with Crippen LogP contribution in [0.3, 0.4) is 0 Å². The maximum Gasteiger partial charge on any atom is 0.291 e. The van der Waals surface area contributed by atoms with Crippen LogP contribution in [0.4, 0.5) is 11.5 Å². The van der Waals surface area contributed by atoms with Crippen molar-refractivity contribution in [2.24, 2.45) is 0 Å². The minimum Gasteiger partial charge on any atom is -0.467 e. The second-order valence-corrected chi connectivity index (χ2v) is 4.30. The van der Waals surface area contributed by atoms with Crippen LogP contribution < -0.4 is 10.6 Å². The summed E-state index contributed by atoms with van der Waals surface area (Å²) in [6, 6.07) is 10.5. The third-order valence-corrected chi connectivity index (χ3v) is 2.79. The van der Waals surface area contributed by atoms with Gasteiger partial charge in [-0.15, -0.1) is 0 Å². The van der Waals surface area contributed by atoms with Crippen molar-refractivity contribution >= 4 is 17.4 Å². The molecule has 0 saturated heterocycles. The number of anilines is 2. The molecule has 0 aliphatic carbocycles. The van der Waals surface area contributed by atoms with Gasteiger partial charge in [-0.25, -0.2) is 4.98 Å². The fourth-order valence-corrected chi connectivity index (χ4v) is 1.76. The zero-order valence-electron chi connectivity index (χ0n) is 11.1. The van der Waals surface area contributed by atoms with Crippen LogP contribution in [0.2, 0.25) is 0 Å². The zero-order valence-corrected chi connectivity index (χ0v) is 11.1. The summed E-state index contributed by atoms with van der Waals surface area (Å²) in [7, 11) is 0. The second kappa shape index (κ2) is 5.96. The maximum atomic E-state index is 11.8. The van der Waals surface area contributed by atoms with Gasteiger partial charge in [0.15, 0.2) is 5.76 Å². The SMILES string of the molecule is O=C(Nc1ccc(NCc2ccco2)nc1)c1ccco1. The predicted molar refractivity (Wildman–Crippen MR) is 76.9 cm³/mol. The monoisotopic (exact) mass is 283 g/mol. The van der Waals surface area contributed by atoms with Gasteiger partial charge in [-0.2, -0.15) is 0 Å². The van der Waals surface area contributed by atoms with E-state index in [0.717, 1.165) is 5.76 Å². The Balaban J connectivity index is 1.57. The fourth-order valence-electron chi connectivity index (χ4n) is 1.76. The summed E-state index contributed by atoms with van der Waals surface area (Å²) in [6.07, 6.45) is 4.65. The van der Waals surface area contributed by atoms with Crippen LogP contribution in [-0.4, -0.2) is 10.9 Å². The largest absolute Gasteiger partial charge is 0.467 e. The van der Waals surface area contributed by atoms with E-state index >= 15 is 0 Å². The van der Waals surface area contributed by atoms with Crippen molar-refractivity contribution in [2.45, 2.75) is 6.54 Å². The van der Waals surface area contributed by atoms with E-state index in [1.165, 1.54) is 6.26 Å². The average molecular weight is 283 g/mol. The number of carbonyl (C=O) groups excluding carboxylic acids is 1. The Morgan fingerprint density at radius 3 is 2.62 bits per heavy atom. The van der Waals surface area contributed by atoms with E-state index in [9.17, 15) is 4.79 Å². The first-order valence-electron chi connectivity index (χ1n) is 6.38. The standard InChI is InChI=1S/C15H13N3O3/c19-15(13-4-2-8-21-13)18-11-5-6-14(16-9-11)17-10-12-3-1-7-20-12/h1-9H,10H2,(H,16,17)(H,18,19). The van der Waals surface area contributed by atoms with Crippen molar-refractivity contribution in [3.63, 3.8) is 0 Å². The number of nitrogens with zero attached hydrogens (tertiary/aromatic N) is 1. The normalized spacial score (nSPS) is 10.3. The van der Waals surface area contributed by atoms with Crippen LogP contribution in [0.1, 0.15) is 16.3 Å². The molecule has 0 spiro atoms. The Hall–Kier alpha value is -3.02. The molecule has 0 atom stereocenters. The lowest BCUT2D eigenvalue weighted by molar-refractivity contribution is 0.0996. The van der Waals surface area contributed by atoms with Crippen molar-refractivity contribution in [1.82, 2.24) is 4.98 Å². The molecule has 6 heteroatoms. The Morgan fingerprint density at radius 1 is 1.10 bits per heavy atom. The van der Waals surface area contributed by atoms with E-state index in [4.69, 9.17) is 8.83 Å². The third-order valence-electron chi connectivity index (χ3n) is 2.79. The van der Waals surface area contributed by atoms with Gasteiger partial charge in [0.25, 0.3) is 5.91 Å². The van der Waals surface area contributed by atoms with E-state index in [1.807, 2.05) is 12.1 Å². The van der Waals surface area contributed by atoms with Crippen molar-refractivity contribution in [3.8, 4) is 0 Å². The van der Waals surface area contributed by atoms with E-state index in [1.54, 1.807) is 36.7 Å². The van der Waals surface area contributed by atoms with Crippen LogP contribution in [0, 0.1) is 0 Å². The van der Waals surface area contributed by atoms with Crippen molar-refractivity contribution in [1.29, 1.82) is 0 Å². The lowest BCUT2D eigenvalue weighted by Gasteiger charge is -2.06. The number of hydrogen-bond acceptors (Lipinski definition) is 5. The average Bonchev–Trinajstić information content (AvgIpc) is 3.20. The molecule has 0 saturated carbocycles. The minimum absolute atomic E-state index is 0.259. The smallest absolute Gasteiger partial charge is 0.291 e. The molecule has 0 radical (unpaired) electrons. The van der Waals surface area contributed by atoms with Gasteiger partial charge in [-0.3, -0.25) is 4.79 Å². The summed E-state index contributed by atoms with van der Waals surface area (Å²) < 4.78 is 10.2. The summed E-state index contributed by atoms with van der Waals surface area (Å²) >= 11 is 0. The van der Waals surface area contributed by atoms with Gasteiger partial charge < -0.3 is 19.5 Å². The van der Waals surface area contributed by atoms with Gasteiger partial charge in [0, 0.05) is 0 Å². The summed E-state index contributed by atoms with van der Waals surface area (Å²) in [5, 5.41) is 5.82. The number of aromatic nitrogens is 1. The number of nitrogens with one attached hydrogen (secondary N) is 2. The minimum atomic E-state index is -0.307. The summed E-state index contributed by atoms with van der Waals surface area (Å²) in [6.45, 7) is 0.554. The molecule has 0 unspecified atom stereocenters. The lowest BCUT2D eigenvalue weighted by atomic mass is 10.3. The van der Waals surface area contributed by atoms with Gasteiger partial charge in [-0.05, 0) is 36.4 Å². The van der Waals surface area contributed by atoms with Gasteiger partial charge in [0.2, 0.25) is 0 Å². The third kappa shape index (κ3) is 3.30. The molecule has 3 aromatic heterocycles. The number of hydrogen-bond donors (Lipinski definition) is 2. The van der Waals surface area contributed by atoms with E-state index in [0.29, 0.717) is 18.1 Å². The van der Waals surface area contributed by atoms with Gasteiger partial charge in [-0.1, -0.05) is 0 Å². The topological polar surface area (TPSA) is 80.3 Å². The second-order valence-electron chi connectivity index (χ2n) is 4.30. The highest BCUT2D eigenvalue weighted by Crippen LogP contribution is 2.12. The molecule has 0 aliphatic rings. The Kier molecular flexibility index (Phi) is 3.68. The molecule has 1 amide bonds. The molecule has 0 aliphatic heterocycles. The molecule has 2 N–H and O–H groups in total. The first-order chi connectivity index (χ1) is 10.3. The number of amides is 1. The molecular formula is C15H13N3O3. The predicted octanol–water partition coefficient (Wildman–Crippen LogP) is 3.13. The first kappa shape index (κ1) is 13.0.